The summed E-state index contributed by atoms with van der Waals surface area (Å²) in [6.07, 6.45) is 3.26. The average molecular weight is 242 g/mol. The third-order valence-electron chi connectivity index (χ3n) is 4.23. The Balaban J connectivity index is 1.83. The van der Waals surface area contributed by atoms with Crippen molar-refractivity contribution in [1.82, 2.24) is 10.3 Å². The van der Waals surface area contributed by atoms with Crippen molar-refractivity contribution in [3.8, 4) is 0 Å². The van der Waals surface area contributed by atoms with Crippen molar-refractivity contribution in [1.29, 1.82) is 0 Å². The molecule has 2 unspecified atom stereocenters. The second-order valence-corrected chi connectivity index (χ2v) is 6.58. The molecule has 2 heterocycles. The first kappa shape index (κ1) is 11.8. The van der Waals surface area contributed by atoms with Gasteiger partial charge in [-0.2, -0.15) is 0 Å². The minimum absolute atomic E-state index is 0.354. The summed E-state index contributed by atoms with van der Waals surface area (Å²) in [7, 11) is 0. The number of benzene rings is 1. The molecule has 2 aromatic rings. The van der Waals surface area contributed by atoms with Crippen LogP contribution in [-0.4, -0.2) is 17.6 Å². The number of hydrogen-bond acceptors (Lipinski definition) is 1. The first-order valence-electron chi connectivity index (χ1n) is 6.84. The van der Waals surface area contributed by atoms with Crippen molar-refractivity contribution in [2.24, 2.45) is 5.41 Å². The summed E-state index contributed by atoms with van der Waals surface area (Å²) in [5, 5.41) is 5.00. The van der Waals surface area contributed by atoms with Crippen LogP contribution in [0.15, 0.2) is 30.5 Å². The normalized spacial score (nSPS) is 24.8. The standard InChI is InChI=1S/C16H22N2/c1-16(2,3)15-9-13(10-18-15)11-4-5-14-12(8-11)6-7-17-14/h4-8,13,15,17-18H,9-10H2,1-3H3. The molecule has 0 spiro atoms. The van der Waals surface area contributed by atoms with Gasteiger partial charge < -0.3 is 10.3 Å². The third kappa shape index (κ3) is 2.05. The lowest BCUT2D eigenvalue weighted by molar-refractivity contribution is 0.293. The van der Waals surface area contributed by atoms with Crippen molar-refractivity contribution in [3.63, 3.8) is 0 Å². The highest BCUT2D eigenvalue weighted by molar-refractivity contribution is 5.80. The van der Waals surface area contributed by atoms with Gasteiger partial charge in [0.05, 0.1) is 0 Å². The maximum atomic E-state index is 3.68. The lowest BCUT2D eigenvalue weighted by atomic mass is 9.83. The summed E-state index contributed by atoms with van der Waals surface area (Å²) in [5.41, 5.74) is 3.06. The van der Waals surface area contributed by atoms with Gasteiger partial charge >= 0.3 is 0 Å². The predicted molar refractivity (Wildman–Crippen MR) is 76.9 cm³/mol. The molecule has 1 saturated heterocycles. The second-order valence-electron chi connectivity index (χ2n) is 6.58. The first-order valence-corrected chi connectivity index (χ1v) is 6.84. The van der Waals surface area contributed by atoms with E-state index in [0.717, 1.165) is 6.54 Å². The average Bonchev–Trinajstić information content (AvgIpc) is 2.96. The van der Waals surface area contributed by atoms with Gasteiger partial charge in [-0.15, -0.1) is 0 Å². The van der Waals surface area contributed by atoms with Crippen molar-refractivity contribution in [2.45, 2.75) is 39.2 Å². The molecule has 3 rings (SSSR count). The highest BCUT2D eigenvalue weighted by Crippen LogP contribution is 2.34. The fourth-order valence-corrected chi connectivity index (χ4v) is 2.98. The van der Waals surface area contributed by atoms with Gasteiger partial charge in [0.1, 0.15) is 0 Å². The molecular weight excluding hydrogens is 220 g/mol. The maximum absolute atomic E-state index is 3.68. The molecule has 18 heavy (non-hydrogen) atoms. The van der Waals surface area contributed by atoms with Crippen LogP contribution in [0.3, 0.4) is 0 Å². The van der Waals surface area contributed by atoms with Gasteiger partial charge in [-0.25, -0.2) is 0 Å². The smallest absolute Gasteiger partial charge is 0.0454 e. The maximum Gasteiger partial charge on any atom is 0.0454 e. The van der Waals surface area contributed by atoms with Crippen LogP contribution in [0.5, 0.6) is 0 Å². The molecule has 2 heteroatoms. The van der Waals surface area contributed by atoms with Crippen molar-refractivity contribution < 1.29 is 0 Å². The molecule has 0 radical (unpaired) electrons. The third-order valence-corrected chi connectivity index (χ3v) is 4.23. The Labute approximate surface area is 109 Å². The Morgan fingerprint density at radius 2 is 2.00 bits per heavy atom. The molecule has 2 N–H and O–H groups in total. The van der Waals surface area contributed by atoms with Crippen LogP contribution in [-0.2, 0) is 0 Å². The van der Waals surface area contributed by atoms with E-state index in [1.807, 2.05) is 6.20 Å². The monoisotopic (exact) mass is 242 g/mol. The van der Waals surface area contributed by atoms with E-state index in [0.29, 0.717) is 17.4 Å². The summed E-state index contributed by atoms with van der Waals surface area (Å²) in [4.78, 5) is 3.25. The van der Waals surface area contributed by atoms with Gasteiger partial charge in [-0.3, -0.25) is 0 Å². The van der Waals surface area contributed by atoms with E-state index in [2.05, 4.69) is 55.3 Å². The molecule has 1 aliphatic rings. The van der Waals surface area contributed by atoms with Gasteiger partial charge in [0.15, 0.2) is 0 Å². The van der Waals surface area contributed by atoms with E-state index in [1.165, 1.54) is 22.9 Å². The number of aromatic amines is 1. The molecule has 2 nitrogen and oxygen atoms in total. The van der Waals surface area contributed by atoms with E-state index < -0.39 is 0 Å². The molecule has 1 aromatic heterocycles. The summed E-state index contributed by atoms with van der Waals surface area (Å²) in [6, 6.07) is 9.60. The summed E-state index contributed by atoms with van der Waals surface area (Å²) in [6.45, 7) is 8.07. The van der Waals surface area contributed by atoms with Crippen LogP contribution in [0.4, 0.5) is 0 Å². The Hall–Kier alpha value is -1.28. The van der Waals surface area contributed by atoms with E-state index >= 15 is 0 Å². The van der Waals surface area contributed by atoms with Crippen LogP contribution >= 0.6 is 0 Å². The zero-order valence-electron chi connectivity index (χ0n) is 11.5. The highest BCUT2D eigenvalue weighted by atomic mass is 15.0. The minimum atomic E-state index is 0.354. The molecular formula is C16H22N2. The van der Waals surface area contributed by atoms with Crippen molar-refractivity contribution >= 4 is 10.9 Å². The van der Waals surface area contributed by atoms with Crippen LogP contribution in [0.2, 0.25) is 0 Å². The Kier molecular flexibility index (Phi) is 2.70. The second kappa shape index (κ2) is 4.13. The fraction of sp³-hybridized carbons (Fsp3) is 0.500. The van der Waals surface area contributed by atoms with E-state index in [1.54, 1.807) is 0 Å². The first-order chi connectivity index (χ1) is 8.54. The van der Waals surface area contributed by atoms with E-state index in [4.69, 9.17) is 0 Å². The Morgan fingerprint density at radius 1 is 1.17 bits per heavy atom. The van der Waals surface area contributed by atoms with Gasteiger partial charge in [-0.1, -0.05) is 26.8 Å². The number of nitrogens with one attached hydrogen (secondary N) is 2. The molecule has 0 bridgehead atoms. The minimum Gasteiger partial charge on any atom is -0.361 e. The number of aromatic nitrogens is 1. The van der Waals surface area contributed by atoms with Gasteiger partial charge in [-0.05, 0) is 46.9 Å². The predicted octanol–water partition coefficient (Wildman–Crippen LogP) is 3.66. The molecule has 0 amide bonds. The van der Waals surface area contributed by atoms with Crippen LogP contribution in [0, 0.1) is 5.41 Å². The lowest BCUT2D eigenvalue weighted by Crippen LogP contribution is -2.34. The fourth-order valence-electron chi connectivity index (χ4n) is 2.98. The molecule has 96 valence electrons. The zero-order chi connectivity index (χ0) is 12.8. The SMILES string of the molecule is CC(C)(C)C1CC(c2ccc3[nH]ccc3c2)CN1. The lowest BCUT2D eigenvalue weighted by Gasteiger charge is -2.27. The molecule has 0 aliphatic carbocycles. The number of H-pyrrole nitrogens is 1. The van der Waals surface area contributed by atoms with Gasteiger partial charge in [0.25, 0.3) is 0 Å². The van der Waals surface area contributed by atoms with E-state index in [-0.39, 0.29) is 0 Å². The summed E-state index contributed by atoms with van der Waals surface area (Å²) in [5.74, 6) is 0.661. The van der Waals surface area contributed by atoms with Crippen molar-refractivity contribution in [2.75, 3.05) is 6.54 Å². The molecule has 1 aliphatic heterocycles. The Morgan fingerprint density at radius 3 is 2.72 bits per heavy atom. The number of hydrogen-bond donors (Lipinski definition) is 2. The van der Waals surface area contributed by atoms with Crippen LogP contribution < -0.4 is 5.32 Å². The quantitative estimate of drug-likeness (QED) is 0.784. The number of rotatable bonds is 1. The number of fused-ring (bicyclic) bond motifs is 1. The van der Waals surface area contributed by atoms with Crippen LogP contribution in [0.25, 0.3) is 10.9 Å². The van der Waals surface area contributed by atoms with Gasteiger partial charge in [0.2, 0.25) is 0 Å². The topological polar surface area (TPSA) is 27.8 Å². The van der Waals surface area contributed by atoms with E-state index in [9.17, 15) is 0 Å². The molecule has 0 saturated carbocycles. The van der Waals surface area contributed by atoms with Crippen LogP contribution in [0.1, 0.15) is 38.7 Å². The largest absolute Gasteiger partial charge is 0.361 e. The summed E-state index contributed by atoms with van der Waals surface area (Å²) >= 11 is 0. The molecule has 2 atom stereocenters. The van der Waals surface area contributed by atoms with Gasteiger partial charge in [0, 0.05) is 24.3 Å². The Bertz CT molecular complexity index is 547. The zero-order valence-corrected chi connectivity index (χ0v) is 11.5. The summed E-state index contributed by atoms with van der Waals surface area (Å²) < 4.78 is 0. The molecule has 1 aromatic carbocycles. The highest BCUT2D eigenvalue weighted by Gasteiger charge is 2.33. The molecule has 1 fully saturated rings. The van der Waals surface area contributed by atoms with Crippen molar-refractivity contribution in [3.05, 3.63) is 36.0 Å².